The van der Waals surface area contributed by atoms with Crippen LogP contribution >= 0.6 is 15.9 Å². The maximum absolute atomic E-state index is 14.6. The molecule has 2 aromatic rings. The van der Waals surface area contributed by atoms with Crippen LogP contribution < -0.4 is 11.1 Å². The van der Waals surface area contributed by atoms with Crippen molar-refractivity contribution >= 4 is 33.4 Å². The number of aromatic nitrogens is 1. The summed E-state index contributed by atoms with van der Waals surface area (Å²) in [6.07, 6.45) is -1.65. The van der Waals surface area contributed by atoms with Gasteiger partial charge in [0, 0.05) is 21.9 Å². The number of hydrogen-bond acceptors (Lipinski definition) is 5. The number of carbonyl (C=O) groups excluding carboxylic acids is 1. The lowest BCUT2D eigenvalue weighted by atomic mass is 9.88. The molecule has 154 valence electrons. The van der Waals surface area contributed by atoms with Gasteiger partial charge < -0.3 is 15.8 Å². The topological polar surface area (TPSA) is 89.6 Å². The van der Waals surface area contributed by atoms with E-state index < -0.39 is 41.5 Å². The first-order chi connectivity index (χ1) is 13.5. The molecule has 1 aromatic heterocycles. The van der Waals surface area contributed by atoms with E-state index in [1.165, 1.54) is 18.3 Å². The third kappa shape index (κ3) is 4.13. The molecule has 1 aliphatic heterocycles. The lowest BCUT2D eigenvalue weighted by molar-refractivity contribution is -0.0662. The van der Waals surface area contributed by atoms with E-state index in [1.807, 2.05) is 0 Å². The Kier molecular flexibility index (Phi) is 5.68. The number of rotatable bonds is 4. The third-order valence-electron chi connectivity index (χ3n) is 4.60. The van der Waals surface area contributed by atoms with Crippen molar-refractivity contribution in [3.8, 4) is 0 Å². The maximum Gasteiger partial charge on any atom is 0.274 e. The molecule has 3 N–H and O–H groups in total. The Balaban J connectivity index is 1.98. The minimum atomic E-state index is -3.09. The van der Waals surface area contributed by atoms with Crippen LogP contribution in [-0.2, 0) is 10.3 Å². The van der Waals surface area contributed by atoms with Gasteiger partial charge in [-0.2, -0.15) is 0 Å². The molecule has 0 saturated heterocycles. The zero-order valence-corrected chi connectivity index (χ0v) is 17.1. The Morgan fingerprint density at radius 2 is 2.03 bits per heavy atom. The average Bonchev–Trinajstić information content (AvgIpc) is 2.66. The fourth-order valence-electron chi connectivity index (χ4n) is 2.75. The zero-order chi connectivity index (χ0) is 21.4. The largest absolute Gasteiger partial charge is 0.385 e. The summed E-state index contributed by atoms with van der Waals surface area (Å²) in [7, 11) is 0. The normalized spacial score (nSPS) is 21.0. The Hall–Kier alpha value is -2.46. The highest BCUT2D eigenvalue weighted by atomic mass is 79.9. The fraction of sp³-hybridized carbons (Fsp3) is 0.316. The molecule has 3 rings (SSSR count). The molecule has 0 unspecified atom stereocenters. The van der Waals surface area contributed by atoms with Gasteiger partial charge in [-0.25, -0.2) is 23.1 Å². The van der Waals surface area contributed by atoms with Crippen LogP contribution in [0.2, 0.25) is 0 Å². The lowest BCUT2D eigenvalue weighted by Crippen LogP contribution is -2.53. The van der Waals surface area contributed by atoms with Gasteiger partial charge in [0.2, 0.25) is 0 Å². The summed E-state index contributed by atoms with van der Waals surface area (Å²) in [5.74, 6) is -1.66. The second kappa shape index (κ2) is 7.75. The molecule has 0 saturated carbocycles. The average molecular weight is 471 g/mol. The van der Waals surface area contributed by atoms with E-state index in [4.69, 9.17) is 10.5 Å². The molecule has 0 spiro atoms. The molecule has 0 fully saturated rings. The van der Waals surface area contributed by atoms with Crippen molar-refractivity contribution in [1.82, 2.24) is 4.98 Å². The molecule has 6 nitrogen and oxygen atoms in total. The second-order valence-electron chi connectivity index (χ2n) is 7.03. The Morgan fingerprint density at radius 3 is 2.62 bits per heavy atom. The van der Waals surface area contributed by atoms with Crippen molar-refractivity contribution in [2.75, 3.05) is 11.9 Å². The number of hydrogen-bond donors (Lipinski definition) is 2. The SMILES string of the molecule is CC1(C)OC[C@](c2cc(NC(=O)c3ccc(Br)cn3)ccc2F)(C(F)F)N=C1N. The Bertz CT molecular complexity index is 966. The van der Waals surface area contributed by atoms with Gasteiger partial charge in [0.25, 0.3) is 12.3 Å². The Labute approximate surface area is 173 Å². The molecule has 1 atom stereocenters. The van der Waals surface area contributed by atoms with Gasteiger partial charge >= 0.3 is 0 Å². The minimum absolute atomic E-state index is 0.104. The van der Waals surface area contributed by atoms with Gasteiger partial charge in [-0.15, -0.1) is 0 Å². The van der Waals surface area contributed by atoms with Crippen molar-refractivity contribution in [2.24, 2.45) is 10.7 Å². The van der Waals surface area contributed by atoms with E-state index in [0.29, 0.717) is 4.47 Å². The summed E-state index contributed by atoms with van der Waals surface area (Å²) >= 11 is 3.21. The summed E-state index contributed by atoms with van der Waals surface area (Å²) < 4.78 is 48.8. The van der Waals surface area contributed by atoms with Crippen LogP contribution in [0.3, 0.4) is 0 Å². The summed E-state index contributed by atoms with van der Waals surface area (Å²) in [6.45, 7) is 2.60. The first-order valence-corrected chi connectivity index (χ1v) is 9.35. The smallest absolute Gasteiger partial charge is 0.274 e. The first kappa shape index (κ1) is 21.3. The van der Waals surface area contributed by atoms with Gasteiger partial charge in [0.05, 0.1) is 6.61 Å². The molecule has 29 heavy (non-hydrogen) atoms. The number of carbonyl (C=O) groups is 1. The standard InChI is InChI=1S/C19H18BrF3N4O2/c1-18(2)17(24)27-19(9-29-18,16(22)23)12-7-11(4-5-13(12)21)26-15(28)14-6-3-10(20)8-25-14/h3-8,16H,9H2,1-2H3,(H2,24,27)(H,26,28)/t19-/m0/s1. The van der Waals surface area contributed by atoms with Crippen LogP contribution in [0.4, 0.5) is 18.9 Å². The van der Waals surface area contributed by atoms with Crippen molar-refractivity contribution in [1.29, 1.82) is 0 Å². The third-order valence-corrected chi connectivity index (χ3v) is 5.07. The summed E-state index contributed by atoms with van der Waals surface area (Å²) in [4.78, 5) is 20.2. The van der Waals surface area contributed by atoms with Crippen LogP contribution in [0.15, 0.2) is 46.0 Å². The number of halogens is 4. The molecule has 10 heteroatoms. The van der Waals surface area contributed by atoms with E-state index in [-0.39, 0.29) is 17.2 Å². The fourth-order valence-corrected chi connectivity index (χ4v) is 2.99. The summed E-state index contributed by atoms with van der Waals surface area (Å²) in [5, 5.41) is 2.52. The van der Waals surface area contributed by atoms with E-state index >= 15 is 0 Å². The van der Waals surface area contributed by atoms with E-state index in [2.05, 4.69) is 31.2 Å². The molecule has 1 aromatic carbocycles. The van der Waals surface area contributed by atoms with E-state index in [0.717, 1.165) is 12.1 Å². The predicted molar refractivity (Wildman–Crippen MR) is 106 cm³/mol. The van der Waals surface area contributed by atoms with Crippen LogP contribution in [0.25, 0.3) is 0 Å². The molecule has 2 heterocycles. The molecule has 0 bridgehead atoms. The monoisotopic (exact) mass is 470 g/mol. The number of aliphatic imine (C=N–C) groups is 1. The highest BCUT2D eigenvalue weighted by molar-refractivity contribution is 9.10. The van der Waals surface area contributed by atoms with Crippen LogP contribution in [-0.4, -0.2) is 35.4 Å². The first-order valence-electron chi connectivity index (χ1n) is 8.56. The number of anilines is 1. The second-order valence-corrected chi connectivity index (χ2v) is 7.95. The number of nitrogens with zero attached hydrogens (tertiary/aromatic N) is 2. The lowest BCUT2D eigenvalue weighted by Gasteiger charge is -2.40. The highest BCUT2D eigenvalue weighted by Crippen LogP contribution is 2.40. The molecular formula is C19H18BrF3N4O2. The number of amidine groups is 1. The van der Waals surface area contributed by atoms with Crippen LogP contribution in [0.5, 0.6) is 0 Å². The van der Waals surface area contributed by atoms with Crippen LogP contribution in [0.1, 0.15) is 29.9 Å². The summed E-state index contributed by atoms with van der Waals surface area (Å²) in [5.41, 5.74) is 2.23. The van der Waals surface area contributed by atoms with Gasteiger partial charge in [0.15, 0.2) is 5.54 Å². The number of nitrogens with one attached hydrogen (secondary N) is 1. The van der Waals surface area contributed by atoms with Gasteiger partial charge in [-0.1, -0.05) is 0 Å². The van der Waals surface area contributed by atoms with Crippen LogP contribution in [0, 0.1) is 5.82 Å². The number of alkyl halides is 2. The molecular weight excluding hydrogens is 453 g/mol. The number of amides is 1. The number of nitrogens with two attached hydrogens (primary N) is 1. The molecule has 0 aliphatic carbocycles. The molecule has 1 amide bonds. The number of ether oxygens (including phenoxy) is 1. The molecule has 1 aliphatic rings. The van der Waals surface area contributed by atoms with Crippen molar-refractivity contribution in [3.05, 3.63) is 58.1 Å². The maximum atomic E-state index is 14.6. The number of pyridine rings is 1. The van der Waals surface area contributed by atoms with Gasteiger partial charge in [-0.3, -0.25) is 4.79 Å². The number of benzene rings is 1. The molecule has 0 radical (unpaired) electrons. The van der Waals surface area contributed by atoms with E-state index in [1.54, 1.807) is 19.9 Å². The summed E-state index contributed by atoms with van der Waals surface area (Å²) in [6, 6.07) is 6.46. The Morgan fingerprint density at radius 1 is 1.31 bits per heavy atom. The highest BCUT2D eigenvalue weighted by Gasteiger charge is 2.49. The van der Waals surface area contributed by atoms with Gasteiger partial charge in [0.1, 0.15) is 22.9 Å². The predicted octanol–water partition coefficient (Wildman–Crippen LogP) is 3.86. The quantitative estimate of drug-likeness (QED) is 0.709. The van der Waals surface area contributed by atoms with Gasteiger partial charge in [-0.05, 0) is 60.1 Å². The van der Waals surface area contributed by atoms with Crippen molar-refractivity contribution in [3.63, 3.8) is 0 Å². The minimum Gasteiger partial charge on any atom is -0.385 e. The van der Waals surface area contributed by atoms with Crippen molar-refractivity contribution < 1.29 is 22.7 Å². The zero-order valence-electron chi connectivity index (χ0n) is 15.5. The van der Waals surface area contributed by atoms with E-state index in [9.17, 15) is 18.0 Å². The van der Waals surface area contributed by atoms with Crippen molar-refractivity contribution in [2.45, 2.75) is 31.4 Å².